The molecule has 1 atom stereocenters. The number of carbonyl (C=O) groups excluding carboxylic acids is 2. The Bertz CT molecular complexity index is 1730. The Labute approximate surface area is 254 Å². The van der Waals surface area contributed by atoms with Crippen molar-refractivity contribution in [3.05, 3.63) is 87.6 Å². The van der Waals surface area contributed by atoms with Crippen LogP contribution in [0.4, 0.5) is 0 Å². The van der Waals surface area contributed by atoms with Crippen LogP contribution in [0.5, 0.6) is 5.75 Å². The predicted octanol–water partition coefficient (Wildman–Crippen LogP) is 5.23. The molecule has 3 aromatic carbocycles. The molecule has 1 aromatic heterocycles. The molecule has 5 rings (SSSR count). The number of aliphatic hydroxyl groups is 1. The van der Waals surface area contributed by atoms with Crippen LogP contribution in [0.2, 0.25) is 5.02 Å². The number of nitrogens with one attached hydrogen (secondary N) is 3. The van der Waals surface area contributed by atoms with Crippen molar-refractivity contribution in [2.45, 2.75) is 39.2 Å². The van der Waals surface area contributed by atoms with Gasteiger partial charge >= 0.3 is 5.97 Å². The lowest BCUT2D eigenvalue weighted by Crippen LogP contribution is -2.43. The van der Waals surface area contributed by atoms with E-state index in [2.05, 4.69) is 15.6 Å². The molecule has 4 aromatic rings. The number of carboxylic acids is 1. The lowest BCUT2D eigenvalue weighted by molar-refractivity contribution is 0.0696. The summed E-state index contributed by atoms with van der Waals surface area (Å²) in [5.74, 6) is -1.22. The van der Waals surface area contributed by atoms with Gasteiger partial charge in [0.2, 0.25) is 0 Å². The van der Waals surface area contributed by atoms with Gasteiger partial charge in [-0.2, -0.15) is 0 Å². The van der Waals surface area contributed by atoms with E-state index in [0.717, 1.165) is 33.3 Å². The molecule has 0 fully saturated rings. The van der Waals surface area contributed by atoms with Crippen molar-refractivity contribution in [1.29, 1.82) is 0 Å². The minimum Gasteiger partial charge on any atom is -0.490 e. The zero-order valence-corrected chi connectivity index (χ0v) is 25.0. The molecule has 5 N–H and O–H groups in total. The second-order valence-corrected chi connectivity index (χ2v) is 11.7. The summed E-state index contributed by atoms with van der Waals surface area (Å²) in [5, 5.41) is 26.7. The van der Waals surface area contributed by atoms with E-state index in [0.29, 0.717) is 41.2 Å². The number of aromatic amines is 1. The molecule has 2 amide bonds. The number of aryl methyl sites for hydroxylation is 1. The largest absolute Gasteiger partial charge is 0.490 e. The van der Waals surface area contributed by atoms with Gasteiger partial charge in [0.05, 0.1) is 34.4 Å². The van der Waals surface area contributed by atoms with Crippen molar-refractivity contribution in [1.82, 2.24) is 15.6 Å². The Kier molecular flexibility index (Phi) is 8.48. The van der Waals surface area contributed by atoms with E-state index in [9.17, 15) is 24.6 Å². The lowest BCUT2D eigenvalue weighted by atomic mass is 9.73. The average molecular weight is 604 g/mol. The van der Waals surface area contributed by atoms with E-state index < -0.39 is 11.4 Å². The summed E-state index contributed by atoms with van der Waals surface area (Å²) in [5.41, 5.74) is 4.55. The summed E-state index contributed by atoms with van der Waals surface area (Å²) in [6.07, 6.45) is 1.61. The van der Waals surface area contributed by atoms with Crippen LogP contribution in [-0.2, 0) is 12.8 Å². The number of aliphatic hydroxyl groups excluding tert-OH is 1. The zero-order chi connectivity index (χ0) is 30.9. The number of rotatable bonds is 9. The summed E-state index contributed by atoms with van der Waals surface area (Å²) in [7, 11) is 1.54. The number of halogens is 1. The number of hydrogen-bond acceptors (Lipinski definition) is 5. The van der Waals surface area contributed by atoms with Crippen molar-refractivity contribution in [2.24, 2.45) is 5.41 Å². The van der Waals surface area contributed by atoms with Crippen molar-refractivity contribution in [2.75, 3.05) is 20.2 Å². The Morgan fingerprint density at radius 1 is 1.02 bits per heavy atom. The Morgan fingerprint density at radius 2 is 1.77 bits per heavy atom. The second kappa shape index (κ2) is 12.1. The second-order valence-electron chi connectivity index (χ2n) is 11.3. The summed E-state index contributed by atoms with van der Waals surface area (Å²) < 4.78 is 5.96. The van der Waals surface area contributed by atoms with Gasteiger partial charge in [0.1, 0.15) is 5.75 Å². The highest BCUT2D eigenvalue weighted by molar-refractivity contribution is 6.34. The lowest BCUT2D eigenvalue weighted by Gasteiger charge is -2.36. The Balaban J connectivity index is 1.41. The van der Waals surface area contributed by atoms with Gasteiger partial charge in [-0.3, -0.25) is 9.59 Å². The first kappa shape index (κ1) is 30.1. The third kappa shape index (κ3) is 6.09. The highest BCUT2D eigenvalue weighted by Gasteiger charge is 2.36. The molecule has 0 bridgehead atoms. The fourth-order valence-electron chi connectivity index (χ4n) is 5.67. The summed E-state index contributed by atoms with van der Waals surface area (Å²) >= 11 is 6.39. The predicted molar refractivity (Wildman–Crippen MR) is 165 cm³/mol. The monoisotopic (exact) mass is 603 g/mol. The molecule has 1 unspecified atom stereocenters. The van der Waals surface area contributed by atoms with Gasteiger partial charge in [-0.1, -0.05) is 23.7 Å². The number of aromatic nitrogens is 1. The van der Waals surface area contributed by atoms with Crippen molar-refractivity contribution >= 4 is 40.3 Å². The van der Waals surface area contributed by atoms with Gasteiger partial charge in [-0.05, 0) is 92.3 Å². The third-order valence-electron chi connectivity index (χ3n) is 8.02. The van der Waals surface area contributed by atoms with Gasteiger partial charge in [0.15, 0.2) is 0 Å². The molecule has 1 aliphatic rings. The smallest absolute Gasteiger partial charge is 0.335 e. The molecule has 1 heterocycles. The van der Waals surface area contributed by atoms with Gasteiger partial charge in [0, 0.05) is 35.6 Å². The molecule has 0 spiro atoms. The number of amides is 2. The summed E-state index contributed by atoms with van der Waals surface area (Å²) in [6.45, 7) is 3.82. The summed E-state index contributed by atoms with van der Waals surface area (Å²) in [6, 6.07) is 15.4. The van der Waals surface area contributed by atoms with Crippen LogP contribution in [-0.4, -0.2) is 59.3 Å². The van der Waals surface area contributed by atoms with E-state index in [1.807, 2.05) is 19.9 Å². The number of aromatic carboxylic acids is 1. The number of benzene rings is 3. The zero-order valence-electron chi connectivity index (χ0n) is 24.2. The maximum Gasteiger partial charge on any atom is 0.335 e. The topological polar surface area (TPSA) is 141 Å². The molecule has 0 saturated heterocycles. The van der Waals surface area contributed by atoms with Crippen LogP contribution in [0.25, 0.3) is 22.0 Å². The van der Waals surface area contributed by atoms with Crippen LogP contribution in [0.1, 0.15) is 62.6 Å². The number of ether oxygens (including phenoxy) is 1. The molecule has 10 heteroatoms. The molecule has 1 aliphatic carbocycles. The number of carboxylic acid groups (broad SMARTS) is 1. The van der Waals surface area contributed by atoms with Gasteiger partial charge in [0.25, 0.3) is 11.8 Å². The Morgan fingerprint density at radius 3 is 2.44 bits per heavy atom. The molecular formula is C33H34ClN3O6. The van der Waals surface area contributed by atoms with Gasteiger partial charge < -0.3 is 30.6 Å². The van der Waals surface area contributed by atoms with E-state index in [1.54, 1.807) is 48.5 Å². The standard InChI is InChI=1S/C33H34ClN3O6/c1-18(2)43-29-9-6-19(20-4-7-22(26(34)14-20)30(39)35-3)12-24(29)31(40)36-16-33(17-38)11-10-28-25(15-33)23-13-21(32(41)42)5-8-27(23)37-28/h4-9,12-14,18,37-38H,10-11,15-17H2,1-3H3,(H,35,39)(H,36,40)(H,41,42). The molecule has 43 heavy (non-hydrogen) atoms. The van der Waals surface area contributed by atoms with Gasteiger partial charge in [-0.15, -0.1) is 0 Å². The van der Waals surface area contributed by atoms with Crippen molar-refractivity contribution < 1.29 is 29.3 Å². The van der Waals surface area contributed by atoms with E-state index in [-0.39, 0.29) is 36.6 Å². The first-order valence-corrected chi connectivity index (χ1v) is 14.5. The first-order chi connectivity index (χ1) is 20.5. The van der Waals surface area contributed by atoms with E-state index in [4.69, 9.17) is 16.3 Å². The van der Waals surface area contributed by atoms with Gasteiger partial charge in [-0.25, -0.2) is 4.79 Å². The number of fused-ring (bicyclic) bond motifs is 3. The van der Waals surface area contributed by atoms with Crippen LogP contribution >= 0.6 is 11.6 Å². The van der Waals surface area contributed by atoms with Crippen molar-refractivity contribution in [3.8, 4) is 16.9 Å². The maximum atomic E-state index is 13.7. The fraction of sp³-hybridized carbons (Fsp3) is 0.303. The fourth-order valence-corrected chi connectivity index (χ4v) is 5.93. The SMILES string of the molecule is CNC(=O)c1ccc(-c2ccc(OC(C)C)c(C(=O)NCC3(CO)CCc4[nH]c5ccc(C(=O)O)cc5c4C3)c2)cc1Cl. The molecule has 0 saturated carbocycles. The minimum atomic E-state index is -1.00. The van der Waals surface area contributed by atoms with E-state index >= 15 is 0 Å². The Hall–Kier alpha value is -4.34. The van der Waals surface area contributed by atoms with Crippen LogP contribution in [0.15, 0.2) is 54.6 Å². The molecular weight excluding hydrogens is 570 g/mol. The molecule has 9 nitrogen and oxygen atoms in total. The molecule has 0 aliphatic heterocycles. The highest BCUT2D eigenvalue weighted by Crippen LogP contribution is 2.39. The molecule has 0 radical (unpaired) electrons. The third-order valence-corrected chi connectivity index (χ3v) is 8.33. The number of carbonyl (C=O) groups is 3. The van der Waals surface area contributed by atoms with Crippen molar-refractivity contribution in [3.63, 3.8) is 0 Å². The van der Waals surface area contributed by atoms with Crippen LogP contribution in [0.3, 0.4) is 0 Å². The average Bonchev–Trinajstić information content (AvgIpc) is 3.36. The summed E-state index contributed by atoms with van der Waals surface area (Å²) in [4.78, 5) is 40.7. The van der Waals surface area contributed by atoms with Crippen LogP contribution in [0, 0.1) is 5.41 Å². The number of H-pyrrole nitrogens is 1. The quantitative estimate of drug-likeness (QED) is 0.177. The molecule has 224 valence electrons. The minimum absolute atomic E-state index is 0.149. The maximum absolute atomic E-state index is 13.7. The van der Waals surface area contributed by atoms with Crippen LogP contribution < -0.4 is 15.4 Å². The number of hydrogen-bond donors (Lipinski definition) is 5. The normalized spacial score (nSPS) is 16.1. The first-order valence-electron chi connectivity index (χ1n) is 14.1. The van der Waals surface area contributed by atoms with E-state index in [1.165, 1.54) is 7.05 Å². The highest BCUT2D eigenvalue weighted by atomic mass is 35.5.